The Hall–Kier alpha value is -1.95. The highest BCUT2D eigenvalue weighted by atomic mass is 19.3. The largest absolute Gasteiger partial charge is 0.496 e. The molecule has 0 spiro atoms. The highest BCUT2D eigenvalue weighted by Crippen LogP contribution is 2.18. The first-order chi connectivity index (χ1) is 9.58. The summed E-state index contributed by atoms with van der Waals surface area (Å²) < 4.78 is 29.8. The molecule has 0 radical (unpaired) electrons. The summed E-state index contributed by atoms with van der Waals surface area (Å²) >= 11 is 0. The molecule has 0 aliphatic heterocycles. The second-order valence-corrected chi connectivity index (χ2v) is 3.97. The summed E-state index contributed by atoms with van der Waals surface area (Å²) in [6.07, 6.45) is 0.0533. The van der Waals surface area contributed by atoms with E-state index in [4.69, 9.17) is 9.84 Å². The van der Waals surface area contributed by atoms with Crippen LogP contribution in [-0.4, -0.2) is 49.1 Å². The summed E-state index contributed by atoms with van der Waals surface area (Å²) in [6, 6.07) is 7.03. The van der Waals surface area contributed by atoms with Crippen molar-refractivity contribution in [2.45, 2.75) is 6.43 Å². The van der Waals surface area contributed by atoms with Gasteiger partial charge in [-0.2, -0.15) is 0 Å². The Morgan fingerprint density at radius 3 is 2.75 bits per heavy atom. The quantitative estimate of drug-likeness (QED) is 0.777. The molecule has 110 valence electrons. The molecule has 0 aliphatic carbocycles. The van der Waals surface area contributed by atoms with E-state index >= 15 is 0 Å². The highest BCUT2D eigenvalue weighted by Gasteiger charge is 2.15. The number of rotatable bonds is 7. The van der Waals surface area contributed by atoms with Gasteiger partial charge >= 0.3 is 0 Å². The lowest BCUT2D eigenvalue weighted by Gasteiger charge is -2.19. The Labute approximate surface area is 116 Å². The van der Waals surface area contributed by atoms with Gasteiger partial charge in [0.15, 0.2) is 0 Å². The third-order valence-corrected chi connectivity index (χ3v) is 2.58. The van der Waals surface area contributed by atoms with Crippen LogP contribution < -0.4 is 4.74 Å². The summed E-state index contributed by atoms with van der Waals surface area (Å²) in [6.45, 7) is -1.18. The number of benzene rings is 1. The van der Waals surface area contributed by atoms with Crippen molar-refractivity contribution in [1.82, 2.24) is 4.90 Å². The van der Waals surface area contributed by atoms with Crippen LogP contribution in [0.2, 0.25) is 0 Å². The lowest BCUT2D eigenvalue weighted by atomic mass is 10.2. The van der Waals surface area contributed by atoms with E-state index in [1.165, 1.54) is 19.3 Å². The number of alkyl halides is 2. The Bertz CT molecular complexity index is 463. The first-order valence-corrected chi connectivity index (χ1v) is 6.07. The monoisotopic (exact) mass is 285 g/mol. The lowest BCUT2D eigenvalue weighted by molar-refractivity contribution is -0.128. The van der Waals surface area contributed by atoms with Crippen LogP contribution in [0.5, 0.6) is 5.75 Å². The van der Waals surface area contributed by atoms with E-state index in [1.54, 1.807) is 24.3 Å². The van der Waals surface area contributed by atoms with Crippen LogP contribution in [0, 0.1) is 0 Å². The van der Waals surface area contributed by atoms with Crippen LogP contribution in [0.3, 0.4) is 0 Å². The Morgan fingerprint density at radius 1 is 1.45 bits per heavy atom. The number of carbonyl (C=O) groups is 1. The SMILES string of the molecule is COc1ccccc1/C=C/C(=O)N(CCO)CC(F)F. The van der Waals surface area contributed by atoms with Crippen molar-refractivity contribution in [3.63, 3.8) is 0 Å². The zero-order chi connectivity index (χ0) is 15.0. The first-order valence-electron chi connectivity index (χ1n) is 6.07. The van der Waals surface area contributed by atoms with Gasteiger partial charge in [0.25, 0.3) is 6.43 Å². The standard InChI is InChI=1S/C14H17F2NO3/c1-20-12-5-3-2-4-11(12)6-7-14(19)17(8-9-18)10-13(15)16/h2-7,13,18H,8-10H2,1H3/b7-6+. The van der Waals surface area contributed by atoms with Crippen LogP contribution in [0.25, 0.3) is 6.08 Å². The van der Waals surface area contributed by atoms with Crippen molar-refractivity contribution < 1.29 is 23.4 Å². The van der Waals surface area contributed by atoms with Crippen LogP contribution in [0.15, 0.2) is 30.3 Å². The molecular weight excluding hydrogens is 268 g/mol. The maximum atomic E-state index is 12.3. The molecule has 1 N–H and O–H groups in total. The third kappa shape index (κ3) is 4.97. The number of nitrogens with zero attached hydrogens (tertiary/aromatic N) is 1. The van der Waals surface area contributed by atoms with Gasteiger partial charge in [0.1, 0.15) is 5.75 Å². The van der Waals surface area contributed by atoms with Crippen molar-refractivity contribution in [2.75, 3.05) is 26.8 Å². The second-order valence-electron chi connectivity index (χ2n) is 3.97. The van der Waals surface area contributed by atoms with E-state index in [1.807, 2.05) is 0 Å². The number of hydrogen-bond donors (Lipinski definition) is 1. The molecule has 1 aromatic carbocycles. The number of ether oxygens (including phenoxy) is 1. The Balaban J connectivity index is 2.78. The van der Waals surface area contributed by atoms with Crippen LogP contribution in [-0.2, 0) is 4.79 Å². The molecule has 0 saturated carbocycles. The number of methoxy groups -OCH3 is 1. The summed E-state index contributed by atoms with van der Waals surface area (Å²) in [4.78, 5) is 12.7. The fourth-order valence-corrected chi connectivity index (χ4v) is 1.65. The summed E-state index contributed by atoms with van der Waals surface area (Å²) in [5.74, 6) is 0.00405. The zero-order valence-electron chi connectivity index (χ0n) is 11.1. The van der Waals surface area contributed by atoms with Crippen molar-refractivity contribution in [2.24, 2.45) is 0 Å². The van der Waals surface area contributed by atoms with E-state index in [2.05, 4.69) is 0 Å². The minimum absolute atomic E-state index is 0.126. The molecule has 0 bridgehead atoms. The molecule has 1 amide bonds. The van der Waals surface area contributed by atoms with Gasteiger partial charge in [-0.1, -0.05) is 18.2 Å². The molecule has 0 aromatic heterocycles. The van der Waals surface area contributed by atoms with Crippen LogP contribution in [0.1, 0.15) is 5.56 Å². The van der Waals surface area contributed by atoms with E-state index in [0.717, 1.165) is 4.90 Å². The lowest BCUT2D eigenvalue weighted by Crippen LogP contribution is -2.36. The summed E-state index contributed by atoms with van der Waals surface area (Å²) in [7, 11) is 1.50. The smallest absolute Gasteiger partial charge is 0.255 e. The average Bonchev–Trinajstić information content (AvgIpc) is 2.44. The van der Waals surface area contributed by atoms with Gasteiger partial charge in [-0.05, 0) is 12.1 Å². The van der Waals surface area contributed by atoms with Gasteiger partial charge in [-0.25, -0.2) is 8.78 Å². The second kappa shape index (κ2) is 8.27. The van der Waals surface area contributed by atoms with Crippen molar-refractivity contribution in [1.29, 1.82) is 0 Å². The van der Waals surface area contributed by atoms with Gasteiger partial charge in [0.2, 0.25) is 5.91 Å². The molecule has 0 unspecified atom stereocenters. The summed E-state index contributed by atoms with van der Waals surface area (Å²) in [5, 5.41) is 8.78. The van der Waals surface area contributed by atoms with E-state index in [-0.39, 0.29) is 13.2 Å². The number of aliphatic hydroxyl groups excluding tert-OH is 1. The van der Waals surface area contributed by atoms with Gasteiger partial charge in [0, 0.05) is 18.2 Å². The number of halogens is 2. The molecule has 4 nitrogen and oxygen atoms in total. The third-order valence-electron chi connectivity index (χ3n) is 2.58. The molecule has 20 heavy (non-hydrogen) atoms. The van der Waals surface area contributed by atoms with E-state index in [0.29, 0.717) is 11.3 Å². The van der Waals surface area contributed by atoms with E-state index in [9.17, 15) is 13.6 Å². The number of carbonyl (C=O) groups excluding carboxylic acids is 1. The molecule has 0 fully saturated rings. The zero-order valence-corrected chi connectivity index (χ0v) is 11.1. The Kier molecular flexibility index (Phi) is 6.66. The highest BCUT2D eigenvalue weighted by molar-refractivity contribution is 5.92. The number of aliphatic hydroxyl groups is 1. The maximum Gasteiger partial charge on any atom is 0.255 e. The maximum absolute atomic E-state index is 12.3. The number of hydrogen-bond acceptors (Lipinski definition) is 3. The first kappa shape index (κ1) is 16.1. The average molecular weight is 285 g/mol. The van der Waals surface area contributed by atoms with Gasteiger partial charge in [-0.3, -0.25) is 4.79 Å². The summed E-state index contributed by atoms with van der Waals surface area (Å²) in [5.41, 5.74) is 0.671. The van der Waals surface area contributed by atoms with E-state index < -0.39 is 18.9 Å². The van der Waals surface area contributed by atoms with Crippen molar-refractivity contribution >= 4 is 12.0 Å². The normalized spacial score (nSPS) is 11.1. The molecular formula is C14H17F2NO3. The molecule has 1 aromatic rings. The number of amides is 1. The predicted octanol–water partition coefficient (Wildman–Crippen LogP) is 1.79. The number of para-hydroxylation sites is 1. The van der Waals surface area contributed by atoms with Gasteiger partial charge < -0.3 is 14.7 Å². The molecule has 0 heterocycles. The molecule has 1 rings (SSSR count). The fourth-order valence-electron chi connectivity index (χ4n) is 1.65. The topological polar surface area (TPSA) is 49.8 Å². The molecule has 0 saturated heterocycles. The van der Waals surface area contributed by atoms with Crippen LogP contribution in [0.4, 0.5) is 8.78 Å². The fraction of sp³-hybridized carbons (Fsp3) is 0.357. The van der Waals surface area contributed by atoms with Gasteiger partial charge in [-0.15, -0.1) is 0 Å². The minimum atomic E-state index is -2.63. The van der Waals surface area contributed by atoms with Gasteiger partial charge in [0.05, 0.1) is 20.3 Å². The Morgan fingerprint density at radius 2 is 2.15 bits per heavy atom. The molecule has 0 atom stereocenters. The van der Waals surface area contributed by atoms with Crippen LogP contribution >= 0.6 is 0 Å². The predicted molar refractivity (Wildman–Crippen MR) is 71.7 cm³/mol. The molecule has 0 aliphatic rings. The van der Waals surface area contributed by atoms with Crippen molar-refractivity contribution in [3.05, 3.63) is 35.9 Å². The molecule has 6 heteroatoms. The minimum Gasteiger partial charge on any atom is -0.496 e. The van der Waals surface area contributed by atoms with Crippen molar-refractivity contribution in [3.8, 4) is 5.75 Å².